The second kappa shape index (κ2) is 7.30. The molecule has 5 aromatic carbocycles. The number of anilines is 2. The summed E-state index contributed by atoms with van der Waals surface area (Å²) in [6, 6.07) is 39.7. The van der Waals surface area contributed by atoms with Gasteiger partial charge in [0.1, 0.15) is 0 Å². The largest absolute Gasteiger partial charge is 0.356 e. The molecule has 3 nitrogen and oxygen atoms in total. The molecular formula is C29H19N3. The molecule has 1 N–H and O–H groups in total. The summed E-state index contributed by atoms with van der Waals surface area (Å²) < 4.78 is 2.34. The molecule has 0 aliphatic carbocycles. The van der Waals surface area contributed by atoms with Gasteiger partial charge in [0.2, 0.25) is 0 Å². The van der Waals surface area contributed by atoms with Gasteiger partial charge in [0, 0.05) is 27.8 Å². The number of para-hydroxylation sites is 1. The Balaban J connectivity index is 1.61. The van der Waals surface area contributed by atoms with Gasteiger partial charge in [-0.05, 0) is 71.4 Å². The van der Waals surface area contributed by atoms with E-state index in [0.717, 1.165) is 17.1 Å². The van der Waals surface area contributed by atoms with Gasteiger partial charge in [0.15, 0.2) is 0 Å². The van der Waals surface area contributed by atoms with E-state index in [2.05, 4.69) is 94.8 Å². The van der Waals surface area contributed by atoms with Gasteiger partial charge in [-0.2, -0.15) is 5.26 Å². The van der Waals surface area contributed by atoms with E-state index in [9.17, 15) is 0 Å². The minimum atomic E-state index is 0.656. The zero-order valence-corrected chi connectivity index (χ0v) is 17.3. The van der Waals surface area contributed by atoms with Crippen molar-refractivity contribution in [2.75, 3.05) is 5.32 Å². The molecule has 0 aliphatic heterocycles. The van der Waals surface area contributed by atoms with Crippen LogP contribution in [0.4, 0.5) is 11.4 Å². The molecule has 0 atom stereocenters. The average molecular weight is 409 g/mol. The van der Waals surface area contributed by atoms with Crippen LogP contribution in [0.25, 0.3) is 38.3 Å². The highest BCUT2D eigenvalue weighted by Crippen LogP contribution is 2.38. The third-order valence-electron chi connectivity index (χ3n) is 5.97. The number of benzene rings is 5. The molecule has 0 unspecified atom stereocenters. The summed E-state index contributed by atoms with van der Waals surface area (Å²) in [5, 5.41) is 17.5. The highest BCUT2D eigenvalue weighted by molar-refractivity contribution is 6.21. The maximum absolute atomic E-state index is 9.05. The molecule has 6 aromatic rings. The average Bonchev–Trinajstić information content (AvgIpc) is 3.19. The van der Waals surface area contributed by atoms with Crippen molar-refractivity contribution in [1.82, 2.24) is 4.57 Å². The Hall–Kier alpha value is -4.55. The van der Waals surface area contributed by atoms with Gasteiger partial charge >= 0.3 is 0 Å². The Morgan fingerprint density at radius 3 is 2.16 bits per heavy atom. The van der Waals surface area contributed by atoms with Crippen LogP contribution < -0.4 is 5.32 Å². The Morgan fingerprint density at radius 2 is 1.34 bits per heavy atom. The zero-order chi connectivity index (χ0) is 21.5. The van der Waals surface area contributed by atoms with Crippen LogP contribution >= 0.6 is 0 Å². The molecule has 1 heterocycles. The van der Waals surface area contributed by atoms with E-state index < -0.39 is 0 Å². The van der Waals surface area contributed by atoms with Gasteiger partial charge in [0.25, 0.3) is 0 Å². The van der Waals surface area contributed by atoms with E-state index >= 15 is 0 Å². The number of fused-ring (bicyclic) bond motifs is 5. The first-order valence-corrected chi connectivity index (χ1v) is 10.6. The summed E-state index contributed by atoms with van der Waals surface area (Å²) in [6.45, 7) is 0. The quantitative estimate of drug-likeness (QED) is 0.328. The lowest BCUT2D eigenvalue weighted by molar-refractivity contribution is 1.18. The summed E-state index contributed by atoms with van der Waals surface area (Å²) in [6.07, 6.45) is 0. The van der Waals surface area contributed by atoms with Crippen LogP contribution in [0, 0.1) is 11.3 Å². The SMILES string of the molecule is N#Cc1ccc(Nc2ccc3c(c2)c2c4ccccc4ccc2n3-c2ccccc2)cc1. The summed E-state index contributed by atoms with van der Waals surface area (Å²) in [5.74, 6) is 0. The van der Waals surface area contributed by atoms with E-state index in [1.165, 1.54) is 32.6 Å². The van der Waals surface area contributed by atoms with Crippen molar-refractivity contribution >= 4 is 44.0 Å². The molecule has 0 saturated heterocycles. The lowest BCUT2D eigenvalue weighted by Gasteiger charge is -2.09. The molecule has 0 radical (unpaired) electrons. The molecule has 6 rings (SSSR count). The Morgan fingerprint density at radius 1 is 0.625 bits per heavy atom. The first-order chi connectivity index (χ1) is 15.8. The van der Waals surface area contributed by atoms with Crippen molar-refractivity contribution in [3.05, 3.63) is 115 Å². The van der Waals surface area contributed by atoms with Crippen LogP contribution in [0.1, 0.15) is 5.56 Å². The number of nitrogens with one attached hydrogen (secondary N) is 1. The number of nitrogens with zero attached hydrogens (tertiary/aromatic N) is 2. The van der Waals surface area contributed by atoms with Gasteiger partial charge in [-0.15, -0.1) is 0 Å². The first-order valence-electron chi connectivity index (χ1n) is 10.6. The molecule has 1 aromatic heterocycles. The molecule has 0 amide bonds. The summed E-state index contributed by atoms with van der Waals surface area (Å²) in [5.41, 5.74) is 6.15. The van der Waals surface area contributed by atoms with E-state index in [1.54, 1.807) is 0 Å². The molecule has 0 spiro atoms. The van der Waals surface area contributed by atoms with Crippen molar-refractivity contribution in [2.24, 2.45) is 0 Å². The number of hydrogen-bond acceptors (Lipinski definition) is 2. The van der Waals surface area contributed by atoms with Crippen molar-refractivity contribution in [2.45, 2.75) is 0 Å². The van der Waals surface area contributed by atoms with Crippen LogP contribution in [0.5, 0.6) is 0 Å². The predicted octanol–water partition coefficient (Wildman–Crippen LogP) is 7.55. The van der Waals surface area contributed by atoms with Crippen LogP contribution in [0.3, 0.4) is 0 Å². The number of rotatable bonds is 3. The second-order valence-corrected chi connectivity index (χ2v) is 7.90. The molecule has 0 fully saturated rings. The normalized spacial score (nSPS) is 11.1. The maximum atomic E-state index is 9.05. The third-order valence-corrected chi connectivity index (χ3v) is 5.97. The smallest absolute Gasteiger partial charge is 0.0991 e. The van der Waals surface area contributed by atoms with Crippen molar-refractivity contribution in [3.63, 3.8) is 0 Å². The fourth-order valence-electron chi connectivity index (χ4n) is 4.52. The summed E-state index contributed by atoms with van der Waals surface area (Å²) in [7, 11) is 0. The minimum absolute atomic E-state index is 0.656. The summed E-state index contributed by atoms with van der Waals surface area (Å²) >= 11 is 0. The van der Waals surface area contributed by atoms with Gasteiger partial charge < -0.3 is 9.88 Å². The Labute approximate surface area is 185 Å². The number of aromatic nitrogens is 1. The van der Waals surface area contributed by atoms with Gasteiger partial charge in [-0.1, -0.05) is 48.5 Å². The number of nitriles is 1. The van der Waals surface area contributed by atoms with Crippen LogP contribution in [0.2, 0.25) is 0 Å². The lowest BCUT2D eigenvalue weighted by Crippen LogP contribution is -1.94. The maximum Gasteiger partial charge on any atom is 0.0991 e. The lowest BCUT2D eigenvalue weighted by atomic mass is 10.0. The topological polar surface area (TPSA) is 40.8 Å². The monoisotopic (exact) mass is 409 g/mol. The summed E-state index contributed by atoms with van der Waals surface area (Å²) in [4.78, 5) is 0. The Bertz CT molecular complexity index is 1640. The van der Waals surface area contributed by atoms with Crippen LogP contribution in [-0.4, -0.2) is 4.57 Å². The van der Waals surface area contributed by atoms with Gasteiger partial charge in [-0.25, -0.2) is 0 Å². The highest BCUT2D eigenvalue weighted by atomic mass is 15.0. The predicted molar refractivity (Wildman–Crippen MR) is 133 cm³/mol. The Kier molecular flexibility index (Phi) is 4.16. The van der Waals surface area contributed by atoms with Crippen LogP contribution in [0.15, 0.2) is 109 Å². The minimum Gasteiger partial charge on any atom is -0.356 e. The highest BCUT2D eigenvalue weighted by Gasteiger charge is 2.15. The molecule has 0 aliphatic rings. The zero-order valence-electron chi connectivity index (χ0n) is 17.3. The fraction of sp³-hybridized carbons (Fsp3) is 0. The molecule has 0 bridgehead atoms. The van der Waals surface area contributed by atoms with Crippen molar-refractivity contribution in [1.29, 1.82) is 5.26 Å². The first kappa shape index (κ1) is 18.2. The van der Waals surface area contributed by atoms with E-state index in [4.69, 9.17) is 5.26 Å². The van der Waals surface area contributed by atoms with E-state index in [1.807, 2.05) is 30.3 Å². The van der Waals surface area contributed by atoms with Crippen LogP contribution in [-0.2, 0) is 0 Å². The third kappa shape index (κ3) is 2.90. The molecule has 32 heavy (non-hydrogen) atoms. The number of hydrogen-bond donors (Lipinski definition) is 1. The van der Waals surface area contributed by atoms with Crippen molar-refractivity contribution in [3.8, 4) is 11.8 Å². The molecular weight excluding hydrogens is 390 g/mol. The van der Waals surface area contributed by atoms with Gasteiger partial charge in [-0.3, -0.25) is 0 Å². The standard InChI is InChI=1S/C29H19N3/c30-19-20-10-13-22(14-11-20)31-23-15-17-27-26(18-23)29-25-9-5-4-6-21(25)12-16-28(29)32(27)24-7-2-1-3-8-24/h1-18,31H. The van der Waals surface area contributed by atoms with E-state index in [0.29, 0.717) is 5.56 Å². The van der Waals surface area contributed by atoms with Crippen molar-refractivity contribution < 1.29 is 0 Å². The fourth-order valence-corrected chi connectivity index (χ4v) is 4.52. The van der Waals surface area contributed by atoms with E-state index in [-0.39, 0.29) is 0 Å². The second-order valence-electron chi connectivity index (χ2n) is 7.90. The van der Waals surface area contributed by atoms with Gasteiger partial charge in [0.05, 0.1) is 22.7 Å². The molecule has 3 heteroatoms. The molecule has 150 valence electrons. The molecule has 0 saturated carbocycles.